The molecule has 3 unspecified atom stereocenters. The molecule has 1 aromatic rings. The molecule has 1 aliphatic heterocycles. The van der Waals surface area contributed by atoms with Gasteiger partial charge in [-0.05, 0) is 55.7 Å². The van der Waals surface area contributed by atoms with E-state index < -0.39 is 18.8 Å². The first-order valence-corrected chi connectivity index (χ1v) is 8.57. The molecule has 1 saturated carbocycles. The molecule has 24 heavy (non-hydrogen) atoms. The summed E-state index contributed by atoms with van der Waals surface area (Å²) in [5.41, 5.74) is 0.490. The second-order valence-corrected chi connectivity index (χ2v) is 6.89. The molecule has 6 heteroatoms. The Balaban J connectivity index is 1.59. The van der Waals surface area contributed by atoms with Gasteiger partial charge in [0, 0.05) is 6.42 Å². The molecule has 1 amide bonds. The maximum atomic E-state index is 13.3. The Morgan fingerprint density at radius 3 is 2.62 bits per heavy atom. The first-order valence-electron chi connectivity index (χ1n) is 8.57. The average molecular weight is 340 g/mol. The number of alkyl halides is 3. The van der Waals surface area contributed by atoms with E-state index in [1.165, 1.54) is 0 Å². The van der Waals surface area contributed by atoms with Gasteiger partial charge in [0.15, 0.2) is 0 Å². The summed E-state index contributed by atoms with van der Waals surface area (Å²) in [7, 11) is 0. The van der Waals surface area contributed by atoms with Gasteiger partial charge in [0.25, 0.3) is 0 Å². The van der Waals surface area contributed by atoms with Crippen LogP contribution in [0.1, 0.15) is 31.2 Å². The molecule has 2 fully saturated rings. The number of amides is 1. The zero-order valence-electron chi connectivity index (χ0n) is 13.6. The topological polar surface area (TPSA) is 32.3 Å². The van der Waals surface area contributed by atoms with E-state index in [9.17, 15) is 18.0 Å². The summed E-state index contributed by atoms with van der Waals surface area (Å²) in [5, 5.41) is 3.35. The lowest BCUT2D eigenvalue weighted by Crippen LogP contribution is -2.42. The fraction of sp³-hybridized carbons (Fsp3) is 0.611. The van der Waals surface area contributed by atoms with Crippen molar-refractivity contribution < 1.29 is 18.0 Å². The van der Waals surface area contributed by atoms with Gasteiger partial charge in [-0.3, -0.25) is 4.79 Å². The summed E-state index contributed by atoms with van der Waals surface area (Å²) < 4.78 is 39.8. The fourth-order valence-corrected chi connectivity index (χ4v) is 4.15. The standard InChI is InChI=1S/C18H23F3N2O/c19-18(20,21)23(12-13-4-2-1-3-5-13)17(24)9-8-14-6-7-15-10-22-11-16(14)15/h1-5,14-16,22H,6-12H2. The highest BCUT2D eigenvalue weighted by atomic mass is 19.4. The van der Waals surface area contributed by atoms with Crippen LogP contribution in [0.25, 0.3) is 0 Å². The molecule has 1 heterocycles. The van der Waals surface area contributed by atoms with Crippen molar-refractivity contribution in [3.63, 3.8) is 0 Å². The van der Waals surface area contributed by atoms with Gasteiger partial charge in [-0.15, -0.1) is 13.2 Å². The van der Waals surface area contributed by atoms with Gasteiger partial charge in [-0.1, -0.05) is 30.3 Å². The van der Waals surface area contributed by atoms with E-state index in [-0.39, 0.29) is 11.3 Å². The smallest absolute Gasteiger partial charge is 0.316 e. The minimum Gasteiger partial charge on any atom is -0.316 e. The number of rotatable bonds is 5. The van der Waals surface area contributed by atoms with Gasteiger partial charge in [-0.25, -0.2) is 4.90 Å². The van der Waals surface area contributed by atoms with Crippen LogP contribution in [0, 0.1) is 17.8 Å². The van der Waals surface area contributed by atoms with Crippen LogP contribution < -0.4 is 5.32 Å². The van der Waals surface area contributed by atoms with Gasteiger partial charge in [0.2, 0.25) is 5.91 Å². The van der Waals surface area contributed by atoms with Gasteiger partial charge >= 0.3 is 6.30 Å². The summed E-state index contributed by atoms with van der Waals surface area (Å²) in [6, 6.07) is 8.32. The second kappa shape index (κ2) is 7.13. The molecule has 2 aliphatic rings. The van der Waals surface area contributed by atoms with Gasteiger partial charge in [0.05, 0.1) is 6.54 Å². The first kappa shape index (κ1) is 17.3. The molecule has 1 N–H and O–H groups in total. The lowest BCUT2D eigenvalue weighted by atomic mass is 9.89. The lowest BCUT2D eigenvalue weighted by Gasteiger charge is -2.26. The van der Waals surface area contributed by atoms with E-state index in [0.29, 0.717) is 29.7 Å². The number of hydrogen-bond donors (Lipinski definition) is 1. The SMILES string of the molecule is O=C(CCC1CCC2CNCC12)N(Cc1ccccc1)C(F)(F)F. The van der Waals surface area contributed by atoms with Crippen LogP contribution in [0.15, 0.2) is 30.3 Å². The third kappa shape index (κ3) is 3.91. The molecule has 3 rings (SSSR count). The molecule has 3 nitrogen and oxygen atoms in total. The number of hydrogen-bond acceptors (Lipinski definition) is 2. The largest absolute Gasteiger partial charge is 0.487 e. The zero-order chi connectivity index (χ0) is 17.2. The normalized spacial score (nSPS) is 26.4. The number of nitrogens with one attached hydrogen (secondary N) is 1. The predicted molar refractivity (Wildman–Crippen MR) is 84.9 cm³/mol. The first-order chi connectivity index (χ1) is 11.4. The van der Waals surface area contributed by atoms with Crippen LogP contribution in [0.4, 0.5) is 13.2 Å². The molecule has 0 radical (unpaired) electrons. The highest BCUT2D eigenvalue weighted by Crippen LogP contribution is 2.41. The molecule has 1 aromatic carbocycles. The molecule has 1 aliphatic carbocycles. The van der Waals surface area contributed by atoms with E-state index >= 15 is 0 Å². The monoisotopic (exact) mass is 340 g/mol. The molecule has 0 aromatic heterocycles. The van der Waals surface area contributed by atoms with Gasteiger partial charge in [0.1, 0.15) is 0 Å². The summed E-state index contributed by atoms with van der Waals surface area (Å²) in [6.45, 7) is 1.54. The molecule has 0 spiro atoms. The number of benzene rings is 1. The third-order valence-electron chi connectivity index (χ3n) is 5.43. The van der Waals surface area contributed by atoms with Crippen molar-refractivity contribution in [2.24, 2.45) is 17.8 Å². The van der Waals surface area contributed by atoms with Gasteiger partial charge < -0.3 is 5.32 Å². The Bertz CT molecular complexity index is 561. The lowest BCUT2D eigenvalue weighted by molar-refractivity contribution is -0.244. The Kier molecular flexibility index (Phi) is 5.13. The van der Waals surface area contributed by atoms with Crippen molar-refractivity contribution in [3.05, 3.63) is 35.9 Å². The average Bonchev–Trinajstić information content (AvgIpc) is 3.14. The van der Waals surface area contributed by atoms with Crippen LogP contribution in [0.3, 0.4) is 0 Å². The van der Waals surface area contributed by atoms with Crippen molar-refractivity contribution in [1.82, 2.24) is 10.2 Å². The Labute approximate surface area is 140 Å². The van der Waals surface area contributed by atoms with Crippen LogP contribution >= 0.6 is 0 Å². The number of carbonyl (C=O) groups is 1. The van der Waals surface area contributed by atoms with Crippen molar-refractivity contribution in [3.8, 4) is 0 Å². The number of fused-ring (bicyclic) bond motifs is 1. The van der Waals surface area contributed by atoms with Crippen LogP contribution in [-0.4, -0.2) is 30.2 Å². The quantitative estimate of drug-likeness (QED) is 0.831. The molecule has 0 bridgehead atoms. The summed E-state index contributed by atoms with van der Waals surface area (Å²) in [5.74, 6) is 0.737. The maximum Gasteiger partial charge on any atom is 0.487 e. The van der Waals surface area contributed by atoms with E-state index in [1.54, 1.807) is 30.3 Å². The second-order valence-electron chi connectivity index (χ2n) is 6.89. The summed E-state index contributed by atoms with van der Waals surface area (Å²) in [6.07, 6.45) is -1.94. The number of carbonyl (C=O) groups excluding carboxylic acids is 1. The number of halogens is 3. The van der Waals surface area contributed by atoms with E-state index in [2.05, 4.69) is 5.32 Å². The van der Waals surface area contributed by atoms with E-state index in [0.717, 1.165) is 25.9 Å². The predicted octanol–water partition coefficient (Wildman–Crippen LogP) is 3.56. The van der Waals surface area contributed by atoms with Crippen molar-refractivity contribution in [2.45, 2.75) is 38.5 Å². The minimum absolute atomic E-state index is 0.0275. The molecule has 1 saturated heterocycles. The number of nitrogens with zero attached hydrogens (tertiary/aromatic N) is 1. The maximum absolute atomic E-state index is 13.3. The van der Waals surface area contributed by atoms with Crippen LogP contribution in [0.5, 0.6) is 0 Å². The molecule has 3 atom stereocenters. The highest BCUT2D eigenvalue weighted by Gasteiger charge is 2.42. The minimum atomic E-state index is -4.64. The molecular formula is C18H23F3N2O. The van der Waals surface area contributed by atoms with Crippen molar-refractivity contribution in [1.29, 1.82) is 0 Å². The Morgan fingerprint density at radius 1 is 1.17 bits per heavy atom. The third-order valence-corrected chi connectivity index (χ3v) is 5.43. The Morgan fingerprint density at radius 2 is 1.92 bits per heavy atom. The van der Waals surface area contributed by atoms with Crippen LogP contribution in [0.2, 0.25) is 0 Å². The zero-order valence-corrected chi connectivity index (χ0v) is 13.6. The van der Waals surface area contributed by atoms with Crippen molar-refractivity contribution >= 4 is 5.91 Å². The fourth-order valence-electron chi connectivity index (χ4n) is 4.15. The summed E-state index contributed by atoms with van der Waals surface area (Å²) >= 11 is 0. The molecule has 132 valence electrons. The molecular weight excluding hydrogens is 317 g/mol. The van der Waals surface area contributed by atoms with Crippen molar-refractivity contribution in [2.75, 3.05) is 13.1 Å². The van der Waals surface area contributed by atoms with E-state index in [4.69, 9.17) is 0 Å². The van der Waals surface area contributed by atoms with Gasteiger partial charge in [-0.2, -0.15) is 0 Å². The Hall–Kier alpha value is -1.56. The summed E-state index contributed by atoms with van der Waals surface area (Å²) in [4.78, 5) is 12.3. The highest BCUT2D eigenvalue weighted by molar-refractivity contribution is 5.76. The van der Waals surface area contributed by atoms with E-state index in [1.807, 2.05) is 0 Å². The van der Waals surface area contributed by atoms with Crippen LogP contribution in [-0.2, 0) is 11.3 Å².